The van der Waals surface area contributed by atoms with Crippen molar-refractivity contribution in [2.45, 2.75) is 116 Å². The van der Waals surface area contributed by atoms with E-state index in [-0.39, 0.29) is 13.2 Å². The molecule has 0 spiro atoms. The van der Waals surface area contributed by atoms with Gasteiger partial charge in [0.25, 0.3) is 0 Å². The van der Waals surface area contributed by atoms with Crippen molar-refractivity contribution in [3.63, 3.8) is 0 Å². The first-order valence-electron chi connectivity index (χ1n) is 11.1. The summed E-state index contributed by atoms with van der Waals surface area (Å²) < 4.78 is 51.3. The molecule has 6 nitrogen and oxygen atoms in total. The van der Waals surface area contributed by atoms with E-state index in [9.17, 15) is 13.0 Å². The molecule has 0 bridgehead atoms. The second-order valence-electron chi connectivity index (χ2n) is 7.49. The summed E-state index contributed by atoms with van der Waals surface area (Å²) >= 11 is 0. The third kappa shape index (κ3) is 8.66. The molecule has 0 aliphatic heterocycles. The Morgan fingerprint density at radius 2 is 1.07 bits per heavy atom. The third-order valence-corrected chi connectivity index (χ3v) is 6.47. The lowest BCUT2D eigenvalue weighted by Gasteiger charge is -2.44. The summed E-state index contributed by atoms with van der Waals surface area (Å²) in [6.07, 6.45) is 12.3. The van der Waals surface area contributed by atoms with Crippen LogP contribution in [0.2, 0.25) is 0 Å². The maximum absolute atomic E-state index is 12.3. The lowest BCUT2D eigenvalue weighted by Crippen LogP contribution is -2.62. The van der Waals surface area contributed by atoms with Crippen molar-refractivity contribution >= 4 is 10.1 Å². The van der Waals surface area contributed by atoms with Gasteiger partial charge in [0.2, 0.25) is 0 Å². The summed E-state index contributed by atoms with van der Waals surface area (Å²) in [6, 6.07) is 0. The number of ether oxygens (including phenoxy) is 3. The Hall–Kier alpha value is -0.210. The van der Waals surface area contributed by atoms with Crippen molar-refractivity contribution in [3.8, 4) is 0 Å². The fourth-order valence-corrected chi connectivity index (χ4v) is 4.97. The van der Waals surface area contributed by atoms with Gasteiger partial charge in [0.05, 0.1) is 0 Å². The summed E-state index contributed by atoms with van der Waals surface area (Å²) in [5.74, 6) is 0. The highest BCUT2D eigenvalue weighted by molar-refractivity contribution is 7.87. The molecule has 0 amide bonds. The van der Waals surface area contributed by atoms with Crippen molar-refractivity contribution in [2.75, 3.05) is 19.8 Å². The zero-order valence-electron chi connectivity index (χ0n) is 18.8. The molecule has 0 aliphatic rings. The minimum atomic E-state index is -4.66. The average molecular weight is 425 g/mol. The van der Waals surface area contributed by atoms with Crippen molar-refractivity contribution in [1.82, 2.24) is 0 Å². The van der Waals surface area contributed by atoms with Crippen LogP contribution in [0.3, 0.4) is 0 Å². The molecule has 28 heavy (non-hydrogen) atoms. The van der Waals surface area contributed by atoms with Crippen LogP contribution in [-0.4, -0.2) is 43.5 Å². The van der Waals surface area contributed by atoms with Gasteiger partial charge in [-0.1, -0.05) is 71.1 Å². The van der Waals surface area contributed by atoms with Crippen LogP contribution in [0, 0.1) is 0 Å². The van der Waals surface area contributed by atoms with Gasteiger partial charge in [-0.15, -0.1) is 0 Å². The molecule has 7 heteroatoms. The zero-order valence-corrected chi connectivity index (χ0v) is 19.6. The highest BCUT2D eigenvalue weighted by Crippen LogP contribution is 2.40. The van der Waals surface area contributed by atoms with Crippen LogP contribution in [0.25, 0.3) is 0 Å². The van der Waals surface area contributed by atoms with Crippen LogP contribution >= 0.6 is 0 Å². The molecule has 0 aromatic heterocycles. The van der Waals surface area contributed by atoms with E-state index in [0.29, 0.717) is 13.0 Å². The molecular formula is C21H44O6S. The van der Waals surface area contributed by atoms with Gasteiger partial charge in [0, 0.05) is 19.8 Å². The fourth-order valence-electron chi connectivity index (χ4n) is 3.73. The Bertz CT molecular complexity index is 473. The summed E-state index contributed by atoms with van der Waals surface area (Å²) in [5.41, 5.74) is -1.29. The van der Waals surface area contributed by atoms with Gasteiger partial charge in [0.1, 0.15) is 5.60 Å². The average Bonchev–Trinajstić information content (AvgIpc) is 2.62. The van der Waals surface area contributed by atoms with Crippen LogP contribution < -0.4 is 0 Å². The van der Waals surface area contributed by atoms with E-state index in [0.717, 1.165) is 19.3 Å². The number of hydrogen-bond acceptors (Lipinski definition) is 5. The predicted octanol–water partition coefficient (Wildman–Crippen LogP) is 5.71. The molecule has 1 N–H and O–H groups in total. The highest BCUT2D eigenvalue weighted by atomic mass is 32.2. The number of rotatable bonds is 19. The van der Waals surface area contributed by atoms with E-state index in [1.165, 1.54) is 44.9 Å². The fraction of sp³-hybridized carbons (Fsp3) is 1.00. The minimum absolute atomic E-state index is 0.0838. The standard InChI is InChI=1S/C21H44O6S/c1-6-10-11-12-13-14-15-16-17-18-19-20(5,25-7-2)21(26-8-3,27-9-4)28(22,23)24/h6-19H2,1-5H3,(H,22,23,24). The number of hydrogen-bond donors (Lipinski definition) is 1. The highest BCUT2D eigenvalue weighted by Gasteiger charge is 2.61. The van der Waals surface area contributed by atoms with E-state index >= 15 is 0 Å². The zero-order chi connectivity index (χ0) is 21.5. The Kier molecular flexibility index (Phi) is 14.6. The Labute approximate surface area is 173 Å². The topological polar surface area (TPSA) is 82.1 Å². The van der Waals surface area contributed by atoms with Crippen LogP contribution in [0.1, 0.15) is 105 Å². The van der Waals surface area contributed by atoms with Gasteiger partial charge in [0.15, 0.2) is 0 Å². The van der Waals surface area contributed by atoms with Crippen LogP contribution in [-0.2, 0) is 24.3 Å². The quantitative estimate of drug-likeness (QED) is 0.162. The van der Waals surface area contributed by atoms with Gasteiger partial charge in [-0.2, -0.15) is 8.42 Å². The first-order chi connectivity index (χ1) is 13.2. The van der Waals surface area contributed by atoms with E-state index in [4.69, 9.17) is 14.2 Å². The van der Waals surface area contributed by atoms with Crippen LogP contribution in [0.5, 0.6) is 0 Å². The largest absolute Gasteiger partial charge is 0.369 e. The van der Waals surface area contributed by atoms with Gasteiger partial charge in [-0.3, -0.25) is 4.55 Å². The van der Waals surface area contributed by atoms with E-state index in [2.05, 4.69) is 6.92 Å². The van der Waals surface area contributed by atoms with Crippen molar-refractivity contribution in [2.24, 2.45) is 0 Å². The smallest absolute Gasteiger partial charge is 0.329 e. The van der Waals surface area contributed by atoms with Gasteiger partial charge >= 0.3 is 15.2 Å². The lowest BCUT2D eigenvalue weighted by atomic mass is 9.95. The van der Waals surface area contributed by atoms with E-state index in [1.807, 2.05) is 0 Å². The van der Waals surface area contributed by atoms with E-state index in [1.54, 1.807) is 27.7 Å². The first kappa shape index (κ1) is 27.8. The molecule has 1 atom stereocenters. The lowest BCUT2D eigenvalue weighted by molar-refractivity contribution is -0.279. The maximum atomic E-state index is 12.3. The summed E-state index contributed by atoms with van der Waals surface area (Å²) in [4.78, 5) is 0. The second-order valence-corrected chi connectivity index (χ2v) is 8.98. The molecular weight excluding hydrogens is 380 g/mol. The minimum Gasteiger partial charge on any atom is -0.369 e. The normalized spacial score (nSPS) is 14.9. The molecule has 0 heterocycles. The molecule has 0 radical (unpaired) electrons. The van der Waals surface area contributed by atoms with Gasteiger partial charge in [-0.05, 0) is 34.1 Å². The molecule has 0 rings (SSSR count). The van der Waals surface area contributed by atoms with Crippen molar-refractivity contribution < 1.29 is 27.2 Å². The van der Waals surface area contributed by atoms with Crippen LogP contribution in [0.4, 0.5) is 0 Å². The third-order valence-electron chi connectivity index (χ3n) is 5.13. The molecule has 0 aliphatic carbocycles. The molecule has 170 valence electrons. The molecule has 0 saturated heterocycles. The summed E-state index contributed by atoms with van der Waals surface area (Å²) in [6.45, 7) is 9.49. The predicted molar refractivity (Wildman–Crippen MR) is 114 cm³/mol. The van der Waals surface area contributed by atoms with Crippen molar-refractivity contribution in [3.05, 3.63) is 0 Å². The summed E-state index contributed by atoms with van der Waals surface area (Å²) in [7, 11) is -4.66. The molecule has 0 aromatic rings. The van der Waals surface area contributed by atoms with Crippen LogP contribution in [0.15, 0.2) is 0 Å². The second kappa shape index (κ2) is 14.7. The van der Waals surface area contributed by atoms with Gasteiger partial charge in [-0.25, -0.2) is 0 Å². The Balaban J connectivity index is 4.78. The van der Waals surface area contributed by atoms with Crippen molar-refractivity contribution in [1.29, 1.82) is 0 Å². The molecule has 0 aromatic carbocycles. The molecule has 0 fully saturated rings. The molecule has 0 saturated carbocycles. The molecule has 1 unspecified atom stereocenters. The van der Waals surface area contributed by atoms with Gasteiger partial charge < -0.3 is 14.2 Å². The monoisotopic (exact) mass is 424 g/mol. The summed E-state index contributed by atoms with van der Waals surface area (Å²) in [5, 5.41) is -2.21. The van der Waals surface area contributed by atoms with E-state index < -0.39 is 20.8 Å². The first-order valence-corrected chi connectivity index (χ1v) is 12.6. The maximum Gasteiger partial charge on any atom is 0.329 e. The Morgan fingerprint density at radius 1 is 0.679 bits per heavy atom. The number of unbranched alkanes of at least 4 members (excludes halogenated alkanes) is 9. The Morgan fingerprint density at radius 3 is 1.43 bits per heavy atom. The SMILES string of the molecule is CCCCCCCCCCCCC(C)(OCC)C(OCC)(OCC)S(=O)(=O)O.